The Morgan fingerprint density at radius 2 is 2.18 bits per heavy atom. The van der Waals surface area contributed by atoms with Crippen LogP contribution in [-0.2, 0) is 9.47 Å². The molecule has 0 radical (unpaired) electrons. The molecule has 2 aliphatic rings. The largest absolute Gasteiger partial charge is 0.381 e. The minimum Gasteiger partial charge on any atom is -0.381 e. The van der Waals surface area contributed by atoms with Gasteiger partial charge in [-0.05, 0) is 26.2 Å². The number of hydrogen-bond donors (Lipinski definition) is 2. The van der Waals surface area contributed by atoms with Crippen molar-refractivity contribution in [2.75, 3.05) is 19.8 Å². The molecular weight excluding hydrogens is 216 g/mol. The van der Waals surface area contributed by atoms with Crippen molar-refractivity contribution in [3.05, 3.63) is 0 Å². The standard InChI is InChI=1S/C13H26N2O2/c1-2-17-13(7-4-3-5-8-13)12(15-14)11-6-9-16-10-11/h11-12,15H,2-10,14H2,1H3. The van der Waals surface area contributed by atoms with E-state index >= 15 is 0 Å². The summed E-state index contributed by atoms with van der Waals surface area (Å²) in [5, 5.41) is 0. The number of hydrogen-bond acceptors (Lipinski definition) is 4. The van der Waals surface area contributed by atoms with Crippen LogP contribution < -0.4 is 11.3 Å². The fourth-order valence-electron chi connectivity index (χ4n) is 3.52. The highest BCUT2D eigenvalue weighted by atomic mass is 16.5. The van der Waals surface area contributed by atoms with Crippen molar-refractivity contribution in [1.29, 1.82) is 0 Å². The Kier molecular flexibility index (Phi) is 4.79. The summed E-state index contributed by atoms with van der Waals surface area (Å²) in [6.45, 7) is 4.54. The van der Waals surface area contributed by atoms with Gasteiger partial charge < -0.3 is 9.47 Å². The van der Waals surface area contributed by atoms with Gasteiger partial charge in [-0.15, -0.1) is 0 Å². The van der Waals surface area contributed by atoms with Gasteiger partial charge >= 0.3 is 0 Å². The third-order valence-corrected chi connectivity index (χ3v) is 4.31. The highest BCUT2D eigenvalue weighted by Crippen LogP contribution is 2.38. The van der Waals surface area contributed by atoms with Crippen molar-refractivity contribution in [1.82, 2.24) is 5.43 Å². The van der Waals surface area contributed by atoms with E-state index in [1.165, 1.54) is 19.3 Å². The fourth-order valence-corrected chi connectivity index (χ4v) is 3.52. The summed E-state index contributed by atoms with van der Waals surface area (Å²) in [5.74, 6) is 6.32. The second-order valence-corrected chi connectivity index (χ2v) is 5.33. The second-order valence-electron chi connectivity index (χ2n) is 5.33. The zero-order valence-electron chi connectivity index (χ0n) is 10.9. The van der Waals surface area contributed by atoms with Gasteiger partial charge in [0.15, 0.2) is 0 Å². The van der Waals surface area contributed by atoms with Crippen molar-refractivity contribution in [3.63, 3.8) is 0 Å². The molecule has 0 bridgehead atoms. The van der Waals surface area contributed by atoms with E-state index in [2.05, 4.69) is 12.3 Å². The van der Waals surface area contributed by atoms with Crippen LogP contribution >= 0.6 is 0 Å². The van der Waals surface area contributed by atoms with Crippen molar-refractivity contribution in [2.45, 2.75) is 57.1 Å². The van der Waals surface area contributed by atoms with Gasteiger partial charge in [-0.25, -0.2) is 0 Å². The molecule has 100 valence electrons. The third-order valence-electron chi connectivity index (χ3n) is 4.31. The lowest BCUT2D eigenvalue weighted by Gasteiger charge is -2.45. The van der Waals surface area contributed by atoms with Gasteiger partial charge in [0, 0.05) is 19.1 Å². The van der Waals surface area contributed by atoms with Gasteiger partial charge in [-0.3, -0.25) is 11.3 Å². The zero-order chi connectivity index (χ0) is 12.1. The van der Waals surface area contributed by atoms with Crippen molar-refractivity contribution in [3.8, 4) is 0 Å². The lowest BCUT2D eigenvalue weighted by Crippen LogP contribution is -2.59. The molecule has 0 amide bonds. The molecule has 4 heteroatoms. The van der Waals surface area contributed by atoms with E-state index in [-0.39, 0.29) is 11.6 Å². The molecule has 0 aromatic heterocycles. The van der Waals surface area contributed by atoms with Crippen LogP contribution in [0.15, 0.2) is 0 Å². The first-order valence-corrected chi connectivity index (χ1v) is 7.00. The Morgan fingerprint density at radius 1 is 1.41 bits per heavy atom. The minimum absolute atomic E-state index is 0.0554. The monoisotopic (exact) mass is 242 g/mol. The highest BCUT2D eigenvalue weighted by molar-refractivity contribution is 4.98. The molecular formula is C13H26N2O2. The predicted octanol–water partition coefficient (Wildman–Crippen LogP) is 1.59. The Bertz CT molecular complexity index is 218. The summed E-state index contributed by atoms with van der Waals surface area (Å²) in [5.41, 5.74) is 2.98. The van der Waals surface area contributed by atoms with Gasteiger partial charge in [0.25, 0.3) is 0 Å². The predicted molar refractivity (Wildman–Crippen MR) is 67.5 cm³/mol. The molecule has 2 unspecified atom stereocenters. The Hall–Kier alpha value is -0.160. The molecule has 1 heterocycles. The van der Waals surface area contributed by atoms with Crippen LogP contribution in [0.25, 0.3) is 0 Å². The van der Waals surface area contributed by atoms with Crippen LogP contribution in [0.5, 0.6) is 0 Å². The van der Waals surface area contributed by atoms with Crippen LogP contribution in [0, 0.1) is 5.92 Å². The molecule has 1 saturated carbocycles. The molecule has 2 fully saturated rings. The molecule has 0 spiro atoms. The summed E-state index contributed by atoms with van der Waals surface area (Å²) in [6, 6.07) is 0.241. The molecule has 4 nitrogen and oxygen atoms in total. The van der Waals surface area contributed by atoms with Crippen LogP contribution in [0.2, 0.25) is 0 Å². The molecule has 2 atom stereocenters. The van der Waals surface area contributed by atoms with E-state index in [0.717, 1.165) is 39.1 Å². The normalized spacial score (nSPS) is 30.4. The van der Waals surface area contributed by atoms with Gasteiger partial charge in [0.2, 0.25) is 0 Å². The topological polar surface area (TPSA) is 56.5 Å². The number of hydrazine groups is 1. The van der Waals surface area contributed by atoms with E-state index in [0.29, 0.717) is 5.92 Å². The van der Waals surface area contributed by atoms with Crippen molar-refractivity contribution < 1.29 is 9.47 Å². The smallest absolute Gasteiger partial charge is 0.0851 e. The Labute approximate surface area is 104 Å². The van der Waals surface area contributed by atoms with E-state index in [1.807, 2.05) is 0 Å². The summed E-state index contributed by atoms with van der Waals surface area (Å²) in [7, 11) is 0. The first-order valence-electron chi connectivity index (χ1n) is 7.00. The van der Waals surface area contributed by atoms with Crippen molar-refractivity contribution in [2.24, 2.45) is 11.8 Å². The summed E-state index contributed by atoms with van der Waals surface area (Å²) in [4.78, 5) is 0. The van der Waals surface area contributed by atoms with E-state index < -0.39 is 0 Å². The van der Waals surface area contributed by atoms with Crippen LogP contribution in [0.1, 0.15) is 45.4 Å². The molecule has 17 heavy (non-hydrogen) atoms. The molecule has 2 rings (SSSR count). The maximum absolute atomic E-state index is 6.14. The second kappa shape index (κ2) is 6.14. The molecule has 3 N–H and O–H groups in total. The quantitative estimate of drug-likeness (QED) is 0.568. The van der Waals surface area contributed by atoms with E-state index in [4.69, 9.17) is 15.3 Å². The van der Waals surface area contributed by atoms with E-state index in [1.54, 1.807) is 0 Å². The first kappa shape index (κ1) is 13.3. The summed E-state index contributed by atoms with van der Waals surface area (Å²) >= 11 is 0. The average molecular weight is 242 g/mol. The average Bonchev–Trinajstić information content (AvgIpc) is 2.85. The number of nitrogens with two attached hydrogens (primary N) is 1. The zero-order valence-corrected chi connectivity index (χ0v) is 10.9. The number of nitrogens with one attached hydrogen (secondary N) is 1. The summed E-state index contributed by atoms with van der Waals surface area (Å²) in [6.07, 6.45) is 7.20. The highest BCUT2D eigenvalue weighted by Gasteiger charge is 2.44. The molecule has 0 aromatic carbocycles. The van der Waals surface area contributed by atoms with Gasteiger partial charge in [-0.1, -0.05) is 19.3 Å². The van der Waals surface area contributed by atoms with Gasteiger partial charge in [0.1, 0.15) is 0 Å². The maximum Gasteiger partial charge on any atom is 0.0851 e. The van der Waals surface area contributed by atoms with Gasteiger partial charge in [0.05, 0.1) is 18.2 Å². The first-order chi connectivity index (χ1) is 8.32. The minimum atomic E-state index is -0.0554. The number of rotatable bonds is 5. The van der Waals surface area contributed by atoms with Crippen LogP contribution in [-0.4, -0.2) is 31.5 Å². The number of ether oxygens (including phenoxy) is 2. The van der Waals surface area contributed by atoms with Crippen molar-refractivity contribution >= 4 is 0 Å². The fraction of sp³-hybridized carbons (Fsp3) is 1.00. The lowest BCUT2D eigenvalue weighted by molar-refractivity contribution is -0.103. The molecule has 0 aromatic rings. The lowest BCUT2D eigenvalue weighted by atomic mass is 9.74. The third kappa shape index (κ3) is 2.81. The van der Waals surface area contributed by atoms with E-state index in [9.17, 15) is 0 Å². The van der Waals surface area contributed by atoms with Crippen LogP contribution in [0.4, 0.5) is 0 Å². The molecule has 1 saturated heterocycles. The SMILES string of the molecule is CCOC1(C(NN)C2CCOC2)CCCCC1. The molecule has 1 aliphatic heterocycles. The Balaban J connectivity index is 2.10. The van der Waals surface area contributed by atoms with Gasteiger partial charge in [-0.2, -0.15) is 0 Å². The molecule has 1 aliphatic carbocycles. The summed E-state index contributed by atoms with van der Waals surface area (Å²) < 4.78 is 11.6. The Morgan fingerprint density at radius 3 is 2.71 bits per heavy atom. The van der Waals surface area contributed by atoms with Crippen LogP contribution in [0.3, 0.4) is 0 Å². The maximum atomic E-state index is 6.14.